The highest BCUT2D eigenvalue weighted by molar-refractivity contribution is 5.85. The molecule has 1 N–H and O–H groups in total. The van der Waals surface area contributed by atoms with Crippen LogP contribution in [0.5, 0.6) is 0 Å². The van der Waals surface area contributed by atoms with E-state index < -0.39 is 5.97 Å². The number of aromatic nitrogens is 1. The molecule has 98 valence electrons. The van der Waals surface area contributed by atoms with Crippen molar-refractivity contribution in [3.05, 3.63) is 23.9 Å². The number of anilines is 1. The molecular formula is C13H18N2O3. The molecule has 2 rings (SSSR count). The number of hydrogen-bond donors (Lipinski definition) is 1. The lowest BCUT2D eigenvalue weighted by Gasteiger charge is -2.25. The summed E-state index contributed by atoms with van der Waals surface area (Å²) in [5.74, 6) is -0.294. The molecule has 0 bridgehead atoms. The number of aromatic carboxylic acids is 1. The number of ether oxygens (including phenoxy) is 1. The Labute approximate surface area is 106 Å². The van der Waals surface area contributed by atoms with Gasteiger partial charge in [-0.15, -0.1) is 0 Å². The number of carboxylic acid groups (broad SMARTS) is 1. The second-order valence-corrected chi connectivity index (χ2v) is 4.36. The lowest BCUT2D eigenvalue weighted by Crippen LogP contribution is -2.32. The minimum absolute atomic E-state index is 0.0818. The zero-order valence-electron chi connectivity index (χ0n) is 10.5. The fraction of sp³-hybridized carbons (Fsp3) is 0.538. The van der Waals surface area contributed by atoms with Gasteiger partial charge in [0.2, 0.25) is 0 Å². The van der Waals surface area contributed by atoms with Crippen molar-refractivity contribution >= 4 is 11.8 Å². The minimum atomic E-state index is -0.995. The standard InChI is InChI=1S/C13H18N2O3/c1-2-15(9-10-5-4-8-18-10)12-7-3-6-11(14-12)13(16)17/h3,6-7,10H,2,4-5,8-9H2,1H3,(H,16,17). The monoisotopic (exact) mass is 250 g/mol. The average molecular weight is 250 g/mol. The summed E-state index contributed by atoms with van der Waals surface area (Å²) in [6.07, 6.45) is 2.40. The Morgan fingerprint density at radius 3 is 3.06 bits per heavy atom. The molecule has 1 saturated heterocycles. The lowest BCUT2D eigenvalue weighted by molar-refractivity contribution is 0.0690. The van der Waals surface area contributed by atoms with Crippen LogP contribution in [0.3, 0.4) is 0 Å². The summed E-state index contributed by atoms with van der Waals surface area (Å²) in [6, 6.07) is 5.07. The van der Waals surface area contributed by atoms with Crippen LogP contribution in [0.1, 0.15) is 30.3 Å². The van der Waals surface area contributed by atoms with E-state index in [-0.39, 0.29) is 11.8 Å². The van der Waals surface area contributed by atoms with Gasteiger partial charge in [0.05, 0.1) is 6.10 Å². The second kappa shape index (κ2) is 5.82. The van der Waals surface area contributed by atoms with Crippen molar-refractivity contribution in [2.75, 3.05) is 24.6 Å². The summed E-state index contributed by atoms with van der Waals surface area (Å²) in [7, 11) is 0. The maximum atomic E-state index is 10.9. The predicted molar refractivity (Wildman–Crippen MR) is 68.1 cm³/mol. The molecule has 0 aromatic carbocycles. The van der Waals surface area contributed by atoms with Crippen molar-refractivity contribution in [1.29, 1.82) is 0 Å². The molecule has 18 heavy (non-hydrogen) atoms. The van der Waals surface area contributed by atoms with Crippen LogP contribution in [-0.4, -0.2) is 41.9 Å². The highest BCUT2D eigenvalue weighted by Crippen LogP contribution is 2.17. The number of carboxylic acids is 1. The van der Waals surface area contributed by atoms with E-state index >= 15 is 0 Å². The summed E-state index contributed by atoms with van der Waals surface area (Å²) in [5.41, 5.74) is 0.0818. The van der Waals surface area contributed by atoms with Gasteiger partial charge in [-0.1, -0.05) is 6.07 Å². The average Bonchev–Trinajstić information content (AvgIpc) is 2.89. The molecule has 1 aromatic heterocycles. The number of likely N-dealkylation sites (N-methyl/N-ethyl adjacent to an activating group) is 1. The molecule has 1 aromatic rings. The summed E-state index contributed by atoms with van der Waals surface area (Å²) in [4.78, 5) is 17.1. The zero-order chi connectivity index (χ0) is 13.0. The first-order valence-corrected chi connectivity index (χ1v) is 6.27. The second-order valence-electron chi connectivity index (χ2n) is 4.36. The molecule has 0 saturated carbocycles. The third kappa shape index (κ3) is 2.98. The summed E-state index contributed by atoms with van der Waals surface area (Å²) < 4.78 is 5.60. The van der Waals surface area contributed by atoms with E-state index in [0.29, 0.717) is 5.82 Å². The first kappa shape index (κ1) is 12.8. The Morgan fingerprint density at radius 2 is 2.44 bits per heavy atom. The molecular weight excluding hydrogens is 232 g/mol. The van der Waals surface area contributed by atoms with E-state index in [0.717, 1.165) is 32.5 Å². The number of rotatable bonds is 5. The van der Waals surface area contributed by atoms with Crippen molar-refractivity contribution in [3.63, 3.8) is 0 Å². The van der Waals surface area contributed by atoms with Gasteiger partial charge in [-0.3, -0.25) is 0 Å². The van der Waals surface area contributed by atoms with E-state index in [1.807, 2.05) is 13.0 Å². The van der Waals surface area contributed by atoms with Crippen LogP contribution >= 0.6 is 0 Å². The minimum Gasteiger partial charge on any atom is -0.477 e. The van der Waals surface area contributed by atoms with Crippen molar-refractivity contribution in [1.82, 2.24) is 4.98 Å². The van der Waals surface area contributed by atoms with Crippen LogP contribution in [0.2, 0.25) is 0 Å². The third-order valence-electron chi connectivity index (χ3n) is 3.11. The normalized spacial score (nSPS) is 18.8. The highest BCUT2D eigenvalue weighted by Gasteiger charge is 2.19. The Hall–Kier alpha value is -1.62. The van der Waals surface area contributed by atoms with Gasteiger partial charge in [-0.2, -0.15) is 0 Å². The quantitative estimate of drug-likeness (QED) is 0.863. The van der Waals surface area contributed by atoms with Crippen LogP contribution < -0.4 is 4.90 Å². The maximum absolute atomic E-state index is 10.9. The molecule has 0 radical (unpaired) electrons. The Balaban J connectivity index is 2.10. The molecule has 0 spiro atoms. The van der Waals surface area contributed by atoms with Gasteiger partial charge < -0.3 is 14.7 Å². The zero-order valence-corrected chi connectivity index (χ0v) is 10.5. The van der Waals surface area contributed by atoms with E-state index in [4.69, 9.17) is 9.84 Å². The Bertz CT molecular complexity index is 416. The SMILES string of the molecule is CCN(CC1CCCO1)c1cccc(C(=O)O)n1. The summed E-state index contributed by atoms with van der Waals surface area (Å²) in [6.45, 7) is 4.41. The van der Waals surface area contributed by atoms with Crippen LogP contribution in [0.4, 0.5) is 5.82 Å². The predicted octanol–water partition coefficient (Wildman–Crippen LogP) is 1.79. The number of carbonyl (C=O) groups is 1. The van der Waals surface area contributed by atoms with Gasteiger partial charge >= 0.3 is 5.97 Å². The molecule has 1 fully saturated rings. The molecule has 0 aliphatic carbocycles. The van der Waals surface area contributed by atoms with Gasteiger partial charge in [-0.05, 0) is 31.9 Å². The smallest absolute Gasteiger partial charge is 0.354 e. The first-order valence-electron chi connectivity index (χ1n) is 6.27. The Morgan fingerprint density at radius 1 is 1.61 bits per heavy atom. The fourth-order valence-corrected chi connectivity index (χ4v) is 2.14. The first-order chi connectivity index (χ1) is 8.70. The number of hydrogen-bond acceptors (Lipinski definition) is 4. The van der Waals surface area contributed by atoms with Gasteiger partial charge in [0.25, 0.3) is 0 Å². The Kier molecular flexibility index (Phi) is 4.15. The van der Waals surface area contributed by atoms with Gasteiger partial charge in [0, 0.05) is 19.7 Å². The summed E-state index contributed by atoms with van der Waals surface area (Å²) >= 11 is 0. The van der Waals surface area contributed by atoms with Crippen LogP contribution in [-0.2, 0) is 4.74 Å². The molecule has 5 nitrogen and oxygen atoms in total. The van der Waals surface area contributed by atoms with Crippen LogP contribution in [0.15, 0.2) is 18.2 Å². The number of nitrogens with zero attached hydrogens (tertiary/aromatic N) is 2. The van der Waals surface area contributed by atoms with Gasteiger partial charge in [0.15, 0.2) is 5.69 Å². The van der Waals surface area contributed by atoms with E-state index in [2.05, 4.69) is 9.88 Å². The van der Waals surface area contributed by atoms with E-state index in [1.165, 1.54) is 6.07 Å². The van der Waals surface area contributed by atoms with Crippen molar-refractivity contribution in [2.24, 2.45) is 0 Å². The lowest BCUT2D eigenvalue weighted by atomic mass is 10.2. The topological polar surface area (TPSA) is 62.7 Å². The fourth-order valence-electron chi connectivity index (χ4n) is 2.14. The molecule has 1 atom stereocenters. The van der Waals surface area contributed by atoms with E-state index in [9.17, 15) is 4.79 Å². The van der Waals surface area contributed by atoms with Crippen molar-refractivity contribution in [3.8, 4) is 0 Å². The largest absolute Gasteiger partial charge is 0.477 e. The van der Waals surface area contributed by atoms with Crippen LogP contribution in [0, 0.1) is 0 Å². The molecule has 0 amide bonds. The molecule has 5 heteroatoms. The molecule has 2 heterocycles. The molecule has 1 aliphatic heterocycles. The maximum Gasteiger partial charge on any atom is 0.354 e. The third-order valence-corrected chi connectivity index (χ3v) is 3.11. The van der Waals surface area contributed by atoms with Crippen molar-refractivity contribution < 1.29 is 14.6 Å². The van der Waals surface area contributed by atoms with E-state index in [1.54, 1.807) is 6.07 Å². The molecule has 1 aliphatic rings. The summed E-state index contributed by atoms with van der Waals surface area (Å²) in [5, 5.41) is 8.94. The van der Waals surface area contributed by atoms with Gasteiger partial charge in [0.1, 0.15) is 5.82 Å². The van der Waals surface area contributed by atoms with Crippen LogP contribution in [0.25, 0.3) is 0 Å². The highest BCUT2D eigenvalue weighted by atomic mass is 16.5. The number of pyridine rings is 1. The van der Waals surface area contributed by atoms with Crippen molar-refractivity contribution in [2.45, 2.75) is 25.9 Å². The molecule has 1 unspecified atom stereocenters. The van der Waals surface area contributed by atoms with Gasteiger partial charge in [-0.25, -0.2) is 9.78 Å².